The highest BCUT2D eigenvalue weighted by Crippen LogP contribution is 2.18. The standard InChI is InChI=1S/C57H105N5O24/c1-54-59-61-57(62-60-54)55-2-4-56(5-3-55)86-53-52-85-51-50-84-49-48-83-47-46-82-45-44-81-43-42-80-41-40-79-39-38-78-37-36-77-35-34-76-33-32-75-31-30-74-29-28-73-27-26-72-25-24-71-23-22-70-21-20-69-19-18-68-17-16-67-15-14-66-13-12-65-11-10-64-9-8-63-7-6-58/h2-5H,6-53,58H2,1H3. The van der Waals surface area contributed by atoms with Crippen LogP contribution in [0.3, 0.4) is 0 Å². The van der Waals surface area contributed by atoms with Gasteiger partial charge in [-0.2, -0.15) is 0 Å². The Morgan fingerprint density at radius 1 is 0.221 bits per heavy atom. The number of benzene rings is 1. The highest BCUT2D eigenvalue weighted by molar-refractivity contribution is 5.54. The molecule has 0 atom stereocenters. The number of aromatic nitrogens is 4. The molecule has 2 rings (SSSR count). The van der Waals surface area contributed by atoms with Crippen LogP contribution in [0.2, 0.25) is 0 Å². The van der Waals surface area contributed by atoms with Crippen LogP contribution in [0.5, 0.6) is 5.75 Å². The van der Waals surface area contributed by atoms with E-state index in [1.165, 1.54) is 0 Å². The van der Waals surface area contributed by atoms with E-state index in [0.29, 0.717) is 329 Å². The summed E-state index contributed by atoms with van der Waals surface area (Å²) >= 11 is 0. The molecule has 0 saturated carbocycles. The molecule has 29 heteroatoms. The van der Waals surface area contributed by atoms with Crippen molar-refractivity contribution in [1.29, 1.82) is 0 Å². The van der Waals surface area contributed by atoms with E-state index in [1.807, 2.05) is 24.3 Å². The number of hydrogen-bond acceptors (Lipinski definition) is 29. The Kier molecular flexibility index (Phi) is 62.5. The van der Waals surface area contributed by atoms with E-state index in [1.54, 1.807) is 6.92 Å². The second-order valence-corrected chi connectivity index (χ2v) is 17.5. The van der Waals surface area contributed by atoms with Crippen molar-refractivity contribution in [2.24, 2.45) is 5.73 Å². The molecule has 0 saturated heterocycles. The summed E-state index contributed by atoms with van der Waals surface area (Å²) in [6.45, 7) is 25.2. The summed E-state index contributed by atoms with van der Waals surface area (Å²) in [5, 5.41) is 15.9. The fourth-order valence-electron chi connectivity index (χ4n) is 6.34. The van der Waals surface area contributed by atoms with Gasteiger partial charge in [-0.1, -0.05) is 0 Å². The molecule has 2 aromatic rings. The van der Waals surface area contributed by atoms with Gasteiger partial charge in [0.05, 0.1) is 304 Å². The maximum Gasteiger partial charge on any atom is 0.203 e. The van der Waals surface area contributed by atoms with Crippen molar-refractivity contribution in [3.63, 3.8) is 0 Å². The van der Waals surface area contributed by atoms with Gasteiger partial charge in [-0.3, -0.25) is 0 Å². The summed E-state index contributed by atoms with van der Waals surface area (Å²) < 4.78 is 132. The van der Waals surface area contributed by atoms with Crippen LogP contribution in [0, 0.1) is 6.92 Å². The first-order chi connectivity index (χ1) is 42.8. The van der Waals surface area contributed by atoms with E-state index in [2.05, 4.69) is 20.4 Å². The van der Waals surface area contributed by atoms with Crippen molar-refractivity contribution in [3.05, 3.63) is 30.1 Å². The Bertz CT molecular complexity index is 1610. The van der Waals surface area contributed by atoms with Crippen LogP contribution in [0.4, 0.5) is 0 Å². The zero-order valence-corrected chi connectivity index (χ0v) is 51.4. The van der Waals surface area contributed by atoms with Crippen molar-refractivity contribution >= 4 is 0 Å². The lowest BCUT2D eigenvalue weighted by Gasteiger charge is -2.09. The van der Waals surface area contributed by atoms with Crippen LogP contribution in [0.15, 0.2) is 24.3 Å². The number of ether oxygens (including phenoxy) is 24. The summed E-state index contributed by atoms with van der Waals surface area (Å²) in [6, 6.07) is 7.42. The summed E-state index contributed by atoms with van der Waals surface area (Å²) in [5.74, 6) is 1.72. The fourth-order valence-corrected chi connectivity index (χ4v) is 6.34. The molecule has 1 heterocycles. The first kappa shape index (κ1) is 79.1. The molecular formula is C57H105N5O24. The zero-order chi connectivity index (χ0) is 60.9. The van der Waals surface area contributed by atoms with Gasteiger partial charge < -0.3 is 119 Å². The van der Waals surface area contributed by atoms with Crippen LogP contribution in [-0.2, 0) is 109 Å². The van der Waals surface area contributed by atoms with Gasteiger partial charge in [0.15, 0.2) is 5.82 Å². The van der Waals surface area contributed by atoms with Crippen molar-refractivity contribution < 1.29 is 114 Å². The van der Waals surface area contributed by atoms with E-state index in [4.69, 9.17) is 119 Å². The molecule has 1 aromatic heterocycles. The number of aryl methyl sites for hydroxylation is 1. The third kappa shape index (κ3) is 58.7. The maximum absolute atomic E-state index is 5.71. The molecule has 0 aliphatic heterocycles. The first-order valence-corrected chi connectivity index (χ1v) is 30.0. The summed E-state index contributed by atoms with van der Waals surface area (Å²) in [4.78, 5) is 0. The van der Waals surface area contributed by atoms with Gasteiger partial charge in [-0.15, -0.1) is 20.4 Å². The Labute approximate surface area is 509 Å². The molecule has 0 fully saturated rings. The normalized spacial score (nSPS) is 11.7. The molecule has 0 bridgehead atoms. The molecule has 2 N–H and O–H groups in total. The second-order valence-electron chi connectivity index (χ2n) is 17.5. The zero-order valence-electron chi connectivity index (χ0n) is 51.4. The predicted octanol–water partition coefficient (Wildman–Crippen LogP) is 0.961. The van der Waals surface area contributed by atoms with Crippen molar-refractivity contribution in [2.75, 3.05) is 317 Å². The molecule has 0 aliphatic rings. The minimum absolute atomic E-state index is 0.425. The minimum atomic E-state index is 0.425. The summed E-state index contributed by atoms with van der Waals surface area (Å²) in [6.07, 6.45) is 0. The smallest absolute Gasteiger partial charge is 0.203 e. The molecule has 0 radical (unpaired) electrons. The van der Waals surface area contributed by atoms with E-state index < -0.39 is 0 Å². The molecule has 0 spiro atoms. The van der Waals surface area contributed by atoms with E-state index in [-0.39, 0.29) is 0 Å². The lowest BCUT2D eigenvalue weighted by atomic mass is 10.2. The lowest BCUT2D eigenvalue weighted by molar-refractivity contribution is -0.0319. The van der Waals surface area contributed by atoms with E-state index >= 15 is 0 Å². The average Bonchev–Trinajstić information content (AvgIpc) is 3.54. The molecule has 0 aliphatic carbocycles. The quantitative estimate of drug-likeness (QED) is 0.0902. The lowest BCUT2D eigenvalue weighted by Crippen LogP contribution is -2.16. The number of rotatable bonds is 73. The van der Waals surface area contributed by atoms with Crippen LogP contribution in [-0.4, -0.2) is 337 Å². The topological polar surface area (TPSA) is 299 Å². The molecule has 29 nitrogen and oxygen atoms in total. The largest absolute Gasteiger partial charge is 0.491 e. The number of hydrogen-bond donors (Lipinski definition) is 1. The van der Waals surface area contributed by atoms with Crippen LogP contribution in [0.25, 0.3) is 11.4 Å². The Morgan fingerprint density at radius 2 is 0.384 bits per heavy atom. The predicted molar refractivity (Wildman–Crippen MR) is 311 cm³/mol. The third-order valence-electron chi connectivity index (χ3n) is 10.6. The molecule has 502 valence electrons. The van der Waals surface area contributed by atoms with Crippen LogP contribution >= 0.6 is 0 Å². The van der Waals surface area contributed by atoms with E-state index in [9.17, 15) is 0 Å². The highest BCUT2D eigenvalue weighted by atomic mass is 16.6. The Morgan fingerprint density at radius 3 is 0.558 bits per heavy atom. The second kappa shape index (κ2) is 67.9. The summed E-state index contributed by atoms with van der Waals surface area (Å²) in [5.41, 5.74) is 6.16. The third-order valence-corrected chi connectivity index (χ3v) is 10.6. The monoisotopic (exact) mass is 1240 g/mol. The molecule has 0 unspecified atom stereocenters. The number of nitrogens with zero attached hydrogens (tertiary/aromatic N) is 4. The minimum Gasteiger partial charge on any atom is -0.491 e. The molecule has 1 aromatic carbocycles. The van der Waals surface area contributed by atoms with Crippen molar-refractivity contribution in [1.82, 2.24) is 20.4 Å². The van der Waals surface area contributed by atoms with Gasteiger partial charge in [0.25, 0.3) is 0 Å². The molecular weight excluding hydrogens is 1140 g/mol. The van der Waals surface area contributed by atoms with Crippen molar-refractivity contribution in [3.8, 4) is 17.1 Å². The van der Waals surface area contributed by atoms with Gasteiger partial charge in [0.1, 0.15) is 12.4 Å². The first-order valence-electron chi connectivity index (χ1n) is 30.0. The van der Waals surface area contributed by atoms with Gasteiger partial charge in [-0.05, 0) is 31.2 Å². The molecule has 86 heavy (non-hydrogen) atoms. The average molecular weight is 1240 g/mol. The van der Waals surface area contributed by atoms with Gasteiger partial charge in [0.2, 0.25) is 5.82 Å². The highest BCUT2D eigenvalue weighted by Gasteiger charge is 2.05. The molecule has 0 amide bonds. The Hall–Kier alpha value is -3.00. The fraction of sp³-hybridized carbons (Fsp3) is 0.860. The van der Waals surface area contributed by atoms with Gasteiger partial charge in [0, 0.05) is 12.1 Å². The van der Waals surface area contributed by atoms with Gasteiger partial charge >= 0.3 is 0 Å². The SMILES string of the molecule is Cc1nnc(-c2ccc(OCCOCCOCCOCCOCCOCCOCCOCCOCCOCCOCCOCCOCCOCCOCCOCCOCCOCCOCCOCCOCCOCCOCCOCCN)cc2)nn1. The maximum atomic E-state index is 5.71. The summed E-state index contributed by atoms with van der Waals surface area (Å²) in [7, 11) is 0. The number of nitrogens with two attached hydrogens (primary N) is 1. The van der Waals surface area contributed by atoms with Crippen molar-refractivity contribution in [2.45, 2.75) is 6.92 Å². The van der Waals surface area contributed by atoms with Gasteiger partial charge in [-0.25, -0.2) is 0 Å². The van der Waals surface area contributed by atoms with Crippen LogP contribution < -0.4 is 10.5 Å². The van der Waals surface area contributed by atoms with Crippen LogP contribution in [0.1, 0.15) is 5.82 Å². The Balaban J connectivity index is 1.10. The van der Waals surface area contributed by atoms with E-state index in [0.717, 1.165) is 11.3 Å².